The summed E-state index contributed by atoms with van der Waals surface area (Å²) in [5.74, 6) is 0.00698. The molecule has 0 saturated carbocycles. The lowest BCUT2D eigenvalue weighted by Gasteiger charge is -2.13. The molecule has 0 bridgehead atoms. The Morgan fingerprint density at radius 2 is 2.04 bits per heavy atom. The van der Waals surface area contributed by atoms with Crippen molar-refractivity contribution in [3.63, 3.8) is 0 Å². The molecule has 2 aromatic carbocycles. The summed E-state index contributed by atoms with van der Waals surface area (Å²) in [6, 6.07) is 9.22. The molecule has 0 atom stereocenters. The van der Waals surface area contributed by atoms with Crippen LogP contribution in [0.4, 0.5) is 10.1 Å². The predicted octanol–water partition coefficient (Wildman–Crippen LogP) is 4.80. The van der Waals surface area contributed by atoms with Crippen LogP contribution in [0.1, 0.15) is 17.3 Å². The largest absolute Gasteiger partial charge is 0.490 e. The molecule has 4 nitrogen and oxygen atoms in total. The molecule has 126 valence electrons. The zero-order valence-electron chi connectivity index (χ0n) is 13.1. The molecule has 1 amide bonds. The van der Waals surface area contributed by atoms with Crippen molar-refractivity contribution in [2.45, 2.75) is 6.92 Å². The average molecular weight is 394 g/mol. The fourth-order valence-electron chi connectivity index (χ4n) is 1.97. The molecule has 0 radical (unpaired) electrons. The van der Waals surface area contributed by atoms with E-state index in [9.17, 15) is 9.18 Å². The van der Waals surface area contributed by atoms with E-state index >= 15 is 0 Å². The van der Waals surface area contributed by atoms with Crippen LogP contribution in [-0.2, 0) is 0 Å². The lowest BCUT2D eigenvalue weighted by Crippen LogP contribution is -2.13. The summed E-state index contributed by atoms with van der Waals surface area (Å²) in [7, 11) is 0. The highest BCUT2D eigenvalue weighted by molar-refractivity contribution is 9.10. The highest BCUT2D eigenvalue weighted by atomic mass is 79.9. The summed E-state index contributed by atoms with van der Waals surface area (Å²) in [6.07, 6.45) is 1.62. The van der Waals surface area contributed by atoms with Gasteiger partial charge in [0.2, 0.25) is 0 Å². The summed E-state index contributed by atoms with van der Waals surface area (Å²) in [6.45, 7) is 6.18. The second kappa shape index (κ2) is 8.49. The van der Waals surface area contributed by atoms with Crippen molar-refractivity contribution in [2.75, 3.05) is 18.5 Å². The van der Waals surface area contributed by atoms with Crippen molar-refractivity contribution in [3.05, 3.63) is 64.9 Å². The monoisotopic (exact) mass is 393 g/mol. The lowest BCUT2D eigenvalue weighted by molar-refractivity contribution is 0.102. The van der Waals surface area contributed by atoms with E-state index < -0.39 is 11.7 Å². The number of hydrogen-bond donors (Lipinski definition) is 1. The van der Waals surface area contributed by atoms with Gasteiger partial charge in [-0.1, -0.05) is 28.6 Å². The minimum atomic E-state index is -0.520. The first-order valence-corrected chi connectivity index (χ1v) is 8.11. The van der Waals surface area contributed by atoms with Gasteiger partial charge in [0.05, 0.1) is 12.3 Å². The van der Waals surface area contributed by atoms with Gasteiger partial charge in [0.1, 0.15) is 12.4 Å². The zero-order valence-corrected chi connectivity index (χ0v) is 14.7. The molecule has 0 spiro atoms. The topological polar surface area (TPSA) is 47.6 Å². The summed E-state index contributed by atoms with van der Waals surface area (Å²) in [5, 5.41) is 2.54. The molecule has 2 rings (SSSR count). The van der Waals surface area contributed by atoms with Gasteiger partial charge >= 0.3 is 0 Å². The molecule has 0 aliphatic heterocycles. The Bertz CT molecular complexity index is 749. The minimum Gasteiger partial charge on any atom is -0.490 e. The number of nitrogens with one attached hydrogen (secondary N) is 1. The molecule has 0 aliphatic rings. The van der Waals surface area contributed by atoms with Crippen LogP contribution in [0.25, 0.3) is 0 Å². The number of benzene rings is 2. The van der Waals surface area contributed by atoms with E-state index in [-0.39, 0.29) is 5.69 Å². The third-order valence-electron chi connectivity index (χ3n) is 3.04. The Hall–Kier alpha value is -2.34. The van der Waals surface area contributed by atoms with Gasteiger partial charge in [0.15, 0.2) is 11.5 Å². The number of carbonyl (C=O) groups is 1. The van der Waals surface area contributed by atoms with Crippen LogP contribution >= 0.6 is 15.9 Å². The molecule has 6 heteroatoms. The summed E-state index contributed by atoms with van der Waals surface area (Å²) in [4.78, 5) is 12.3. The Kier molecular flexibility index (Phi) is 6.37. The second-order valence-electron chi connectivity index (χ2n) is 4.77. The van der Waals surface area contributed by atoms with Crippen molar-refractivity contribution in [1.29, 1.82) is 0 Å². The molecule has 0 fully saturated rings. The first-order valence-electron chi connectivity index (χ1n) is 7.32. The standard InChI is InChI=1S/C18H17BrFNO3/c1-3-9-24-16-8-5-12(10-17(16)23-4-2)18(22)21-15-7-6-13(19)11-14(15)20/h3,5-8,10-11H,1,4,9H2,2H3,(H,21,22). The minimum absolute atomic E-state index is 0.105. The second-order valence-corrected chi connectivity index (χ2v) is 5.69. The third-order valence-corrected chi connectivity index (χ3v) is 3.54. The quantitative estimate of drug-likeness (QED) is 0.686. The van der Waals surface area contributed by atoms with E-state index in [0.717, 1.165) is 0 Å². The maximum atomic E-state index is 13.8. The molecule has 2 aromatic rings. The van der Waals surface area contributed by atoms with E-state index in [1.807, 2.05) is 6.92 Å². The van der Waals surface area contributed by atoms with Crippen LogP contribution in [0.5, 0.6) is 11.5 Å². The van der Waals surface area contributed by atoms with E-state index in [1.54, 1.807) is 30.3 Å². The molecular weight excluding hydrogens is 377 g/mol. The fraction of sp³-hybridized carbons (Fsp3) is 0.167. The third kappa shape index (κ3) is 4.58. The Morgan fingerprint density at radius 3 is 2.71 bits per heavy atom. The molecule has 0 heterocycles. The van der Waals surface area contributed by atoms with E-state index in [2.05, 4.69) is 27.8 Å². The number of carbonyl (C=O) groups excluding carboxylic acids is 1. The first kappa shape index (κ1) is 18.0. The zero-order chi connectivity index (χ0) is 17.5. The number of rotatable bonds is 7. The highest BCUT2D eigenvalue weighted by Crippen LogP contribution is 2.29. The number of hydrogen-bond acceptors (Lipinski definition) is 3. The van der Waals surface area contributed by atoms with Crippen molar-refractivity contribution in [1.82, 2.24) is 0 Å². The van der Waals surface area contributed by atoms with Crippen molar-refractivity contribution in [3.8, 4) is 11.5 Å². The molecule has 0 aliphatic carbocycles. The van der Waals surface area contributed by atoms with Gasteiger partial charge in [-0.05, 0) is 43.3 Å². The molecule has 24 heavy (non-hydrogen) atoms. The Balaban J connectivity index is 2.22. The van der Waals surface area contributed by atoms with Gasteiger partial charge in [-0.2, -0.15) is 0 Å². The van der Waals surface area contributed by atoms with E-state index in [1.165, 1.54) is 12.1 Å². The van der Waals surface area contributed by atoms with Gasteiger partial charge in [-0.25, -0.2) is 4.39 Å². The predicted molar refractivity (Wildman–Crippen MR) is 95.4 cm³/mol. The van der Waals surface area contributed by atoms with E-state index in [0.29, 0.717) is 34.7 Å². The van der Waals surface area contributed by atoms with Gasteiger partial charge in [-0.3, -0.25) is 4.79 Å². The number of anilines is 1. The highest BCUT2D eigenvalue weighted by Gasteiger charge is 2.13. The lowest BCUT2D eigenvalue weighted by atomic mass is 10.1. The fourth-order valence-corrected chi connectivity index (χ4v) is 2.30. The molecule has 0 aromatic heterocycles. The maximum Gasteiger partial charge on any atom is 0.255 e. The number of amides is 1. The van der Waals surface area contributed by atoms with Crippen LogP contribution in [-0.4, -0.2) is 19.1 Å². The Morgan fingerprint density at radius 1 is 1.25 bits per heavy atom. The molecule has 0 saturated heterocycles. The Labute approximate surface area is 148 Å². The molecular formula is C18H17BrFNO3. The smallest absolute Gasteiger partial charge is 0.255 e. The van der Waals surface area contributed by atoms with Gasteiger partial charge < -0.3 is 14.8 Å². The summed E-state index contributed by atoms with van der Waals surface area (Å²) in [5.41, 5.74) is 0.444. The summed E-state index contributed by atoms with van der Waals surface area (Å²) >= 11 is 3.17. The van der Waals surface area contributed by atoms with E-state index in [4.69, 9.17) is 9.47 Å². The van der Waals surface area contributed by atoms with Crippen LogP contribution in [0.2, 0.25) is 0 Å². The average Bonchev–Trinajstić information content (AvgIpc) is 2.56. The summed E-state index contributed by atoms with van der Waals surface area (Å²) < 4.78 is 25.4. The van der Waals surface area contributed by atoms with Gasteiger partial charge in [0, 0.05) is 10.0 Å². The van der Waals surface area contributed by atoms with Crippen LogP contribution < -0.4 is 14.8 Å². The maximum absolute atomic E-state index is 13.8. The first-order chi connectivity index (χ1) is 11.5. The number of ether oxygens (including phenoxy) is 2. The van der Waals surface area contributed by atoms with Crippen LogP contribution in [0.15, 0.2) is 53.5 Å². The van der Waals surface area contributed by atoms with Gasteiger partial charge in [0.25, 0.3) is 5.91 Å². The van der Waals surface area contributed by atoms with Crippen molar-refractivity contribution >= 4 is 27.5 Å². The van der Waals surface area contributed by atoms with Crippen LogP contribution in [0.3, 0.4) is 0 Å². The molecule has 0 unspecified atom stereocenters. The molecule has 1 N–H and O–H groups in total. The SMILES string of the molecule is C=CCOc1ccc(C(=O)Nc2ccc(Br)cc2F)cc1OCC. The van der Waals surface area contributed by atoms with Crippen molar-refractivity contribution in [2.24, 2.45) is 0 Å². The van der Waals surface area contributed by atoms with Crippen molar-refractivity contribution < 1.29 is 18.7 Å². The van der Waals surface area contributed by atoms with Crippen LogP contribution in [0, 0.1) is 5.82 Å². The number of halogens is 2. The normalized spacial score (nSPS) is 10.1. The van der Waals surface area contributed by atoms with Gasteiger partial charge in [-0.15, -0.1) is 0 Å².